The topological polar surface area (TPSA) is 0 Å². The fourth-order valence-electron chi connectivity index (χ4n) is 0.834. The van der Waals surface area contributed by atoms with Gasteiger partial charge in [-0.25, -0.2) is 0 Å². The zero-order chi connectivity index (χ0) is 8.69. The molecule has 0 saturated heterocycles. The second kappa shape index (κ2) is 6.21. The smallest absolute Gasteiger partial charge is 0.0286 e. The van der Waals surface area contributed by atoms with E-state index in [2.05, 4.69) is 39.8 Å². The molecule has 0 aromatic heterocycles. The predicted molar refractivity (Wildman–Crippen MR) is 52.7 cm³/mol. The van der Waals surface area contributed by atoms with Crippen LogP contribution in [0.3, 0.4) is 0 Å². The Kier molecular flexibility index (Phi) is 5.91. The summed E-state index contributed by atoms with van der Waals surface area (Å²) in [6.45, 7) is 8.75. The normalized spacial score (nSPS) is 10.5. The van der Waals surface area contributed by atoms with E-state index in [4.69, 9.17) is 0 Å². The first-order chi connectivity index (χ1) is 5.18. The van der Waals surface area contributed by atoms with E-state index >= 15 is 0 Å². The Morgan fingerprint density at radius 2 is 1.73 bits per heavy atom. The van der Waals surface area contributed by atoms with Gasteiger partial charge >= 0.3 is 0 Å². The lowest BCUT2D eigenvalue weighted by Crippen LogP contribution is -1.79. The highest BCUT2D eigenvalue weighted by molar-refractivity contribution is 5.07. The van der Waals surface area contributed by atoms with Crippen LogP contribution in [0.25, 0.3) is 0 Å². The summed E-state index contributed by atoms with van der Waals surface area (Å²) >= 11 is 0. The average Bonchev–Trinajstić information content (AvgIpc) is 1.97. The minimum absolute atomic E-state index is 1.16. The monoisotopic (exact) mass is 152 g/mol. The van der Waals surface area contributed by atoms with Crippen molar-refractivity contribution in [1.29, 1.82) is 0 Å². The van der Waals surface area contributed by atoms with Crippen LogP contribution in [-0.4, -0.2) is 0 Å². The van der Waals surface area contributed by atoms with Crippen molar-refractivity contribution in [3.63, 3.8) is 0 Å². The van der Waals surface area contributed by atoms with Crippen LogP contribution in [0, 0.1) is 0 Å². The van der Waals surface area contributed by atoms with Crippen molar-refractivity contribution < 1.29 is 0 Å². The van der Waals surface area contributed by atoms with Gasteiger partial charge in [-0.2, -0.15) is 0 Å². The molecule has 64 valence electrons. The van der Waals surface area contributed by atoms with Crippen LogP contribution in [0.15, 0.2) is 23.3 Å². The molecular weight excluding hydrogens is 132 g/mol. The molecule has 0 heteroatoms. The number of hydrogen-bond acceptors (Lipinski definition) is 0. The lowest BCUT2D eigenvalue weighted by atomic mass is 10.1. The maximum absolute atomic E-state index is 2.27. The minimum Gasteiger partial charge on any atom is -0.0888 e. The zero-order valence-corrected chi connectivity index (χ0v) is 8.28. The summed E-state index contributed by atoms with van der Waals surface area (Å²) in [5.74, 6) is 0. The molecule has 0 saturated carbocycles. The molecule has 0 N–H and O–H groups in total. The van der Waals surface area contributed by atoms with Gasteiger partial charge in [-0.05, 0) is 40.0 Å². The fourth-order valence-corrected chi connectivity index (χ4v) is 0.834. The molecule has 0 aliphatic heterocycles. The molecule has 0 aliphatic carbocycles. The minimum atomic E-state index is 1.16. The van der Waals surface area contributed by atoms with E-state index in [-0.39, 0.29) is 0 Å². The molecular formula is C11H20. The summed E-state index contributed by atoms with van der Waals surface area (Å²) in [7, 11) is 0. The standard InChI is InChI=1S/C11H20/c1-5-6-7-8-9-11(4)10(2)3/h6-7H,5,8-9H2,1-4H3/b7-6+. The Hall–Kier alpha value is -0.520. The maximum atomic E-state index is 2.27. The lowest BCUT2D eigenvalue weighted by Gasteiger charge is -1.99. The van der Waals surface area contributed by atoms with Crippen molar-refractivity contribution in [2.24, 2.45) is 0 Å². The average molecular weight is 152 g/mol. The van der Waals surface area contributed by atoms with Crippen molar-refractivity contribution in [2.75, 3.05) is 0 Å². The summed E-state index contributed by atoms with van der Waals surface area (Å²) in [4.78, 5) is 0. The first kappa shape index (κ1) is 10.5. The maximum Gasteiger partial charge on any atom is -0.0286 e. The van der Waals surface area contributed by atoms with Crippen LogP contribution in [0.4, 0.5) is 0 Å². The summed E-state index contributed by atoms with van der Waals surface area (Å²) in [6.07, 6.45) is 8.09. The van der Waals surface area contributed by atoms with Gasteiger partial charge in [-0.3, -0.25) is 0 Å². The number of rotatable bonds is 4. The van der Waals surface area contributed by atoms with E-state index in [9.17, 15) is 0 Å². The lowest BCUT2D eigenvalue weighted by molar-refractivity contribution is 0.948. The summed E-state index contributed by atoms with van der Waals surface area (Å²) < 4.78 is 0. The predicted octanol–water partition coefficient (Wildman–Crippen LogP) is 4.09. The van der Waals surface area contributed by atoms with Crippen LogP contribution < -0.4 is 0 Å². The zero-order valence-electron chi connectivity index (χ0n) is 8.28. The molecule has 0 aromatic rings. The van der Waals surface area contributed by atoms with Crippen LogP contribution >= 0.6 is 0 Å². The Morgan fingerprint density at radius 1 is 1.09 bits per heavy atom. The van der Waals surface area contributed by atoms with Gasteiger partial charge in [0, 0.05) is 0 Å². The van der Waals surface area contributed by atoms with Gasteiger partial charge in [0.25, 0.3) is 0 Å². The number of allylic oxidation sites excluding steroid dienone is 4. The first-order valence-corrected chi connectivity index (χ1v) is 4.46. The Labute approximate surface area is 71.0 Å². The SMILES string of the molecule is CC/C=C/CCC(C)=C(C)C. The van der Waals surface area contributed by atoms with Crippen molar-refractivity contribution in [1.82, 2.24) is 0 Å². The van der Waals surface area contributed by atoms with E-state index in [1.165, 1.54) is 24.0 Å². The molecule has 0 heterocycles. The van der Waals surface area contributed by atoms with Gasteiger partial charge in [0.05, 0.1) is 0 Å². The molecule has 11 heavy (non-hydrogen) atoms. The first-order valence-electron chi connectivity index (χ1n) is 4.46. The molecule has 0 radical (unpaired) electrons. The van der Waals surface area contributed by atoms with Gasteiger partial charge < -0.3 is 0 Å². The Bertz CT molecular complexity index is 145. The molecule has 0 atom stereocenters. The van der Waals surface area contributed by atoms with Crippen LogP contribution in [0.5, 0.6) is 0 Å². The fraction of sp³-hybridized carbons (Fsp3) is 0.636. The largest absolute Gasteiger partial charge is 0.0888 e. The van der Waals surface area contributed by atoms with E-state index in [1.807, 2.05) is 0 Å². The molecule has 0 aromatic carbocycles. The third kappa shape index (κ3) is 5.90. The molecule has 0 aliphatic rings. The van der Waals surface area contributed by atoms with Crippen molar-refractivity contribution in [3.05, 3.63) is 23.3 Å². The molecule has 0 spiro atoms. The van der Waals surface area contributed by atoms with Gasteiger partial charge in [-0.1, -0.05) is 30.2 Å². The highest BCUT2D eigenvalue weighted by Gasteiger charge is 1.89. The van der Waals surface area contributed by atoms with Crippen LogP contribution in [0.2, 0.25) is 0 Å². The van der Waals surface area contributed by atoms with Crippen molar-refractivity contribution in [2.45, 2.75) is 47.0 Å². The third-order valence-corrected chi connectivity index (χ3v) is 1.94. The second-order valence-electron chi connectivity index (χ2n) is 3.20. The van der Waals surface area contributed by atoms with Crippen LogP contribution in [0.1, 0.15) is 47.0 Å². The highest BCUT2D eigenvalue weighted by Crippen LogP contribution is 2.09. The molecule has 0 amide bonds. The van der Waals surface area contributed by atoms with Gasteiger partial charge in [0.2, 0.25) is 0 Å². The van der Waals surface area contributed by atoms with Crippen molar-refractivity contribution >= 4 is 0 Å². The van der Waals surface area contributed by atoms with E-state index in [1.54, 1.807) is 0 Å². The van der Waals surface area contributed by atoms with Crippen molar-refractivity contribution in [3.8, 4) is 0 Å². The van der Waals surface area contributed by atoms with Gasteiger partial charge in [0.1, 0.15) is 0 Å². The molecule has 0 rings (SSSR count). The van der Waals surface area contributed by atoms with E-state index in [0.29, 0.717) is 0 Å². The highest BCUT2D eigenvalue weighted by atomic mass is 14.0. The molecule has 0 bridgehead atoms. The van der Waals surface area contributed by atoms with Crippen LogP contribution in [-0.2, 0) is 0 Å². The molecule has 0 nitrogen and oxygen atoms in total. The third-order valence-electron chi connectivity index (χ3n) is 1.94. The Morgan fingerprint density at radius 3 is 2.18 bits per heavy atom. The number of hydrogen-bond donors (Lipinski definition) is 0. The molecule has 0 unspecified atom stereocenters. The second-order valence-corrected chi connectivity index (χ2v) is 3.20. The summed E-state index contributed by atoms with van der Waals surface area (Å²) in [6, 6.07) is 0. The summed E-state index contributed by atoms with van der Waals surface area (Å²) in [5.41, 5.74) is 3.00. The van der Waals surface area contributed by atoms with Gasteiger partial charge in [0.15, 0.2) is 0 Å². The summed E-state index contributed by atoms with van der Waals surface area (Å²) in [5, 5.41) is 0. The Balaban J connectivity index is 3.55. The van der Waals surface area contributed by atoms with Gasteiger partial charge in [-0.15, -0.1) is 0 Å². The van der Waals surface area contributed by atoms with E-state index in [0.717, 1.165) is 6.42 Å². The van der Waals surface area contributed by atoms with E-state index < -0.39 is 0 Å². The molecule has 0 fully saturated rings. The quantitative estimate of drug-likeness (QED) is 0.532.